The van der Waals surface area contributed by atoms with Crippen LogP contribution in [0, 0.1) is 5.92 Å². The molecule has 1 unspecified atom stereocenters. The van der Waals surface area contributed by atoms with E-state index in [1.165, 1.54) is 23.5 Å². The molecule has 1 amide bonds. The molecule has 3 rings (SSSR count). The number of halogens is 3. The van der Waals surface area contributed by atoms with Gasteiger partial charge in [0.2, 0.25) is 0 Å². The maximum atomic E-state index is 12.7. The van der Waals surface area contributed by atoms with E-state index in [4.69, 9.17) is 0 Å². The highest BCUT2D eigenvalue weighted by Crippen LogP contribution is 2.31. The lowest BCUT2D eigenvalue weighted by molar-refractivity contribution is -0.137. The van der Waals surface area contributed by atoms with Crippen molar-refractivity contribution in [2.24, 2.45) is 5.92 Å². The van der Waals surface area contributed by atoms with E-state index in [0.717, 1.165) is 12.1 Å². The molecule has 0 aliphatic rings. The second-order valence-electron chi connectivity index (χ2n) is 6.48. The molecule has 0 bridgehead atoms. The number of aliphatic hydroxyl groups is 1. The molecule has 0 aliphatic carbocycles. The number of aliphatic hydroxyl groups excluding tert-OH is 1. The Labute approximate surface area is 157 Å². The highest BCUT2D eigenvalue weighted by Gasteiger charge is 2.30. The minimum Gasteiger partial charge on any atom is -0.394 e. The second kappa shape index (κ2) is 7.32. The van der Waals surface area contributed by atoms with Gasteiger partial charge in [0.05, 0.1) is 23.9 Å². The van der Waals surface area contributed by atoms with Crippen molar-refractivity contribution in [2.75, 3.05) is 6.61 Å². The van der Waals surface area contributed by atoms with Crippen molar-refractivity contribution >= 4 is 22.2 Å². The quantitative estimate of drug-likeness (QED) is 0.688. The van der Waals surface area contributed by atoms with Crippen molar-refractivity contribution in [2.45, 2.75) is 26.1 Å². The smallest absolute Gasteiger partial charge is 0.394 e. The van der Waals surface area contributed by atoms with Gasteiger partial charge in [-0.15, -0.1) is 11.3 Å². The number of carbonyl (C=O) groups is 1. The lowest BCUT2D eigenvalue weighted by Gasteiger charge is -2.19. The van der Waals surface area contributed by atoms with Crippen molar-refractivity contribution in [3.63, 3.8) is 0 Å². The number of amides is 1. The standard InChI is InChI=1S/C18H18F3N3O2S/c1-10(2)14(8-25)22-16(26)15-9-27-17-23-13(7-24(15)17)11-3-5-12(6-4-11)18(19,20)21/h3-7,9-10,14,25H,8H2,1-2H3,(H,22,26). The summed E-state index contributed by atoms with van der Waals surface area (Å²) in [7, 11) is 0. The van der Waals surface area contributed by atoms with Gasteiger partial charge in [-0.3, -0.25) is 9.20 Å². The van der Waals surface area contributed by atoms with E-state index < -0.39 is 11.7 Å². The zero-order valence-corrected chi connectivity index (χ0v) is 15.4. The van der Waals surface area contributed by atoms with Crippen LogP contribution in [0.15, 0.2) is 35.8 Å². The largest absolute Gasteiger partial charge is 0.416 e. The second-order valence-corrected chi connectivity index (χ2v) is 7.32. The number of thiazole rings is 1. The van der Waals surface area contributed by atoms with Crippen LogP contribution in [-0.4, -0.2) is 33.0 Å². The Morgan fingerprint density at radius 1 is 1.30 bits per heavy atom. The molecule has 1 aromatic carbocycles. The lowest BCUT2D eigenvalue weighted by atomic mass is 10.1. The Morgan fingerprint density at radius 2 is 1.96 bits per heavy atom. The molecule has 1 atom stereocenters. The fourth-order valence-electron chi connectivity index (χ4n) is 2.58. The highest BCUT2D eigenvalue weighted by atomic mass is 32.1. The summed E-state index contributed by atoms with van der Waals surface area (Å²) in [6.07, 6.45) is -2.77. The van der Waals surface area contributed by atoms with Gasteiger partial charge in [-0.2, -0.15) is 13.2 Å². The van der Waals surface area contributed by atoms with Crippen LogP contribution >= 0.6 is 11.3 Å². The van der Waals surface area contributed by atoms with Crippen LogP contribution in [0.1, 0.15) is 29.9 Å². The van der Waals surface area contributed by atoms with Gasteiger partial charge in [-0.1, -0.05) is 26.0 Å². The van der Waals surface area contributed by atoms with Gasteiger partial charge in [-0.05, 0) is 18.1 Å². The number of rotatable bonds is 5. The number of fused-ring (bicyclic) bond motifs is 1. The van der Waals surface area contributed by atoms with E-state index in [0.29, 0.717) is 21.9 Å². The van der Waals surface area contributed by atoms with E-state index in [2.05, 4.69) is 10.3 Å². The third-order valence-electron chi connectivity index (χ3n) is 4.27. The fraction of sp³-hybridized carbons (Fsp3) is 0.333. The Morgan fingerprint density at radius 3 is 2.52 bits per heavy atom. The molecular formula is C18H18F3N3O2S. The first-order valence-electron chi connectivity index (χ1n) is 8.26. The van der Waals surface area contributed by atoms with E-state index in [9.17, 15) is 23.1 Å². The van der Waals surface area contributed by atoms with Crippen molar-refractivity contribution in [3.05, 3.63) is 47.1 Å². The Hall–Kier alpha value is -2.39. The molecule has 0 fully saturated rings. The van der Waals surface area contributed by atoms with Crippen LogP contribution in [0.2, 0.25) is 0 Å². The number of hydrogen-bond donors (Lipinski definition) is 2. The number of aromatic nitrogens is 2. The number of nitrogens with one attached hydrogen (secondary N) is 1. The molecule has 5 nitrogen and oxygen atoms in total. The van der Waals surface area contributed by atoms with Crippen molar-refractivity contribution in [1.29, 1.82) is 0 Å². The first-order chi connectivity index (χ1) is 12.7. The summed E-state index contributed by atoms with van der Waals surface area (Å²) >= 11 is 1.26. The number of nitrogens with zero attached hydrogens (tertiary/aromatic N) is 2. The van der Waals surface area contributed by atoms with Crippen molar-refractivity contribution in [1.82, 2.24) is 14.7 Å². The van der Waals surface area contributed by atoms with E-state index in [1.54, 1.807) is 16.0 Å². The minimum atomic E-state index is -4.39. The summed E-state index contributed by atoms with van der Waals surface area (Å²) in [5.74, 6) is -0.274. The molecule has 3 aromatic rings. The van der Waals surface area contributed by atoms with Gasteiger partial charge in [-0.25, -0.2) is 4.98 Å². The summed E-state index contributed by atoms with van der Waals surface area (Å²) in [5, 5.41) is 13.8. The van der Waals surface area contributed by atoms with E-state index in [-0.39, 0.29) is 24.5 Å². The molecule has 2 N–H and O–H groups in total. The molecule has 0 aliphatic heterocycles. The fourth-order valence-corrected chi connectivity index (χ4v) is 3.44. The third-order valence-corrected chi connectivity index (χ3v) is 5.11. The molecule has 2 aromatic heterocycles. The van der Waals surface area contributed by atoms with Crippen LogP contribution in [-0.2, 0) is 6.18 Å². The Balaban J connectivity index is 1.88. The summed E-state index contributed by atoms with van der Waals surface area (Å²) in [4.78, 5) is 17.4. The summed E-state index contributed by atoms with van der Waals surface area (Å²) in [5.41, 5.74) is 0.642. The summed E-state index contributed by atoms with van der Waals surface area (Å²) in [6.45, 7) is 3.62. The average molecular weight is 397 g/mol. The predicted octanol–water partition coefficient (Wildman–Crippen LogP) is 3.83. The van der Waals surface area contributed by atoms with Gasteiger partial charge in [0.15, 0.2) is 4.96 Å². The van der Waals surface area contributed by atoms with Crippen LogP contribution in [0.5, 0.6) is 0 Å². The molecular weight excluding hydrogens is 379 g/mol. The number of benzene rings is 1. The molecule has 0 spiro atoms. The Bertz CT molecular complexity index is 945. The van der Waals surface area contributed by atoms with Gasteiger partial charge in [0, 0.05) is 17.1 Å². The van der Waals surface area contributed by atoms with Gasteiger partial charge in [0.1, 0.15) is 5.69 Å². The van der Waals surface area contributed by atoms with Gasteiger partial charge >= 0.3 is 6.18 Å². The minimum absolute atomic E-state index is 0.0681. The summed E-state index contributed by atoms with van der Waals surface area (Å²) in [6, 6.07) is 4.35. The van der Waals surface area contributed by atoms with Crippen LogP contribution < -0.4 is 5.32 Å². The number of hydrogen-bond acceptors (Lipinski definition) is 4. The first kappa shape index (κ1) is 19.4. The van der Waals surface area contributed by atoms with Crippen LogP contribution in [0.25, 0.3) is 16.2 Å². The van der Waals surface area contributed by atoms with Gasteiger partial charge in [0.25, 0.3) is 5.91 Å². The molecule has 0 radical (unpaired) electrons. The Kier molecular flexibility index (Phi) is 5.25. The maximum absolute atomic E-state index is 12.7. The highest BCUT2D eigenvalue weighted by molar-refractivity contribution is 7.15. The molecule has 144 valence electrons. The van der Waals surface area contributed by atoms with Crippen molar-refractivity contribution < 1.29 is 23.1 Å². The predicted molar refractivity (Wildman–Crippen MR) is 96.7 cm³/mol. The molecule has 0 saturated heterocycles. The SMILES string of the molecule is CC(C)C(CO)NC(=O)c1csc2nc(-c3ccc(C(F)(F)F)cc3)cn12. The zero-order chi connectivity index (χ0) is 19.8. The third kappa shape index (κ3) is 3.98. The van der Waals surface area contributed by atoms with E-state index >= 15 is 0 Å². The number of alkyl halides is 3. The molecule has 9 heteroatoms. The molecule has 27 heavy (non-hydrogen) atoms. The van der Waals surface area contributed by atoms with Crippen LogP contribution in [0.4, 0.5) is 13.2 Å². The zero-order valence-electron chi connectivity index (χ0n) is 14.6. The average Bonchev–Trinajstić information content (AvgIpc) is 3.19. The first-order valence-corrected chi connectivity index (χ1v) is 9.14. The topological polar surface area (TPSA) is 66.6 Å². The summed E-state index contributed by atoms with van der Waals surface area (Å²) < 4.78 is 39.7. The van der Waals surface area contributed by atoms with Crippen molar-refractivity contribution in [3.8, 4) is 11.3 Å². The normalized spacial score (nSPS) is 13.3. The monoisotopic (exact) mass is 397 g/mol. The molecule has 0 saturated carbocycles. The number of carbonyl (C=O) groups excluding carboxylic acids is 1. The van der Waals surface area contributed by atoms with Crippen LogP contribution in [0.3, 0.4) is 0 Å². The van der Waals surface area contributed by atoms with Gasteiger partial charge < -0.3 is 10.4 Å². The number of imidazole rings is 1. The molecule has 2 heterocycles. The maximum Gasteiger partial charge on any atom is 0.416 e. The lowest BCUT2D eigenvalue weighted by Crippen LogP contribution is -2.41. The van der Waals surface area contributed by atoms with E-state index in [1.807, 2.05) is 13.8 Å².